The van der Waals surface area contributed by atoms with Crippen LogP contribution in [0.4, 0.5) is 0 Å². The molecule has 0 unspecified atom stereocenters. The summed E-state index contributed by atoms with van der Waals surface area (Å²) in [6.45, 7) is 0.371. The van der Waals surface area contributed by atoms with E-state index < -0.39 is 5.92 Å². The van der Waals surface area contributed by atoms with Gasteiger partial charge in [-0.05, 0) is 42.0 Å². The molecule has 0 aromatic heterocycles. The van der Waals surface area contributed by atoms with E-state index in [1.807, 2.05) is 30.3 Å². The van der Waals surface area contributed by atoms with Gasteiger partial charge in [-0.15, -0.1) is 0 Å². The molecule has 0 bridgehead atoms. The van der Waals surface area contributed by atoms with Crippen LogP contribution in [0.5, 0.6) is 23.0 Å². The predicted octanol–water partition coefficient (Wildman–Crippen LogP) is 6.28. The maximum atomic E-state index is 9.93. The number of nitriles is 1. The van der Waals surface area contributed by atoms with Gasteiger partial charge in [-0.25, -0.2) is 0 Å². The molecule has 0 spiro atoms. The second kappa shape index (κ2) is 8.71. The third kappa shape index (κ3) is 4.06. The second-order valence-corrected chi connectivity index (χ2v) is 9.12. The molecule has 166 valence electrons. The Labute approximate surface area is 208 Å². The molecule has 9 heteroatoms. The van der Waals surface area contributed by atoms with Crippen LogP contribution in [-0.2, 0) is 6.61 Å². The van der Waals surface area contributed by atoms with E-state index in [2.05, 4.69) is 22.0 Å². The topological polar surface area (TPSA) is 86.7 Å². The van der Waals surface area contributed by atoms with Gasteiger partial charge in [0.2, 0.25) is 12.7 Å². The molecular formula is C24H15BrCl2N2O4. The SMILES string of the molecule is N#CC1=C(N)Oc2cc3c(cc2[C@H]1c1cc(Br)ccc1OCc1ccc(Cl)c(Cl)c1)OCO3. The maximum Gasteiger partial charge on any atom is 0.231 e. The molecule has 2 heterocycles. The highest BCUT2D eigenvalue weighted by molar-refractivity contribution is 9.10. The smallest absolute Gasteiger partial charge is 0.231 e. The standard InChI is InChI=1S/C24H15BrCl2N2O4/c25-13-2-4-19(30-10-12-1-3-17(26)18(27)5-12)14(6-13)23-15-7-21-22(32-11-31-21)8-20(15)33-24(29)16(23)9-28/h1-8,23H,10-11,29H2/t23-/m1/s1. The Morgan fingerprint density at radius 3 is 2.55 bits per heavy atom. The van der Waals surface area contributed by atoms with Crippen LogP contribution in [0.25, 0.3) is 0 Å². The molecule has 0 aliphatic carbocycles. The highest BCUT2D eigenvalue weighted by Crippen LogP contribution is 2.50. The molecule has 33 heavy (non-hydrogen) atoms. The van der Waals surface area contributed by atoms with Gasteiger partial charge in [-0.1, -0.05) is 45.2 Å². The second-order valence-electron chi connectivity index (χ2n) is 7.39. The number of hydrogen-bond donors (Lipinski definition) is 1. The van der Waals surface area contributed by atoms with Gasteiger partial charge in [0.25, 0.3) is 0 Å². The van der Waals surface area contributed by atoms with Gasteiger partial charge < -0.3 is 24.7 Å². The number of hydrogen-bond acceptors (Lipinski definition) is 6. The van der Waals surface area contributed by atoms with Crippen molar-refractivity contribution in [3.63, 3.8) is 0 Å². The maximum absolute atomic E-state index is 9.93. The highest BCUT2D eigenvalue weighted by Gasteiger charge is 2.35. The van der Waals surface area contributed by atoms with Crippen molar-refractivity contribution in [1.29, 1.82) is 5.26 Å². The first-order chi connectivity index (χ1) is 15.9. The Kier molecular flexibility index (Phi) is 5.75. The van der Waals surface area contributed by atoms with Gasteiger partial charge in [-0.2, -0.15) is 5.26 Å². The number of halogens is 3. The Balaban J connectivity index is 1.59. The zero-order valence-corrected chi connectivity index (χ0v) is 20.0. The van der Waals surface area contributed by atoms with Gasteiger partial charge in [0.05, 0.1) is 16.0 Å². The molecule has 1 atom stereocenters. The average molecular weight is 546 g/mol. The molecule has 5 rings (SSSR count). The van der Waals surface area contributed by atoms with E-state index in [-0.39, 0.29) is 24.9 Å². The van der Waals surface area contributed by atoms with Gasteiger partial charge in [-0.3, -0.25) is 0 Å². The molecule has 2 N–H and O–H groups in total. The molecular weight excluding hydrogens is 531 g/mol. The summed E-state index contributed by atoms with van der Waals surface area (Å²) in [6, 6.07) is 16.7. The van der Waals surface area contributed by atoms with Crippen molar-refractivity contribution >= 4 is 39.1 Å². The Morgan fingerprint density at radius 2 is 1.79 bits per heavy atom. The first-order valence-electron chi connectivity index (χ1n) is 9.82. The third-order valence-corrected chi connectivity index (χ3v) is 6.60. The normalized spacial score (nSPS) is 16.1. The van der Waals surface area contributed by atoms with E-state index >= 15 is 0 Å². The number of ether oxygens (including phenoxy) is 4. The molecule has 2 aliphatic heterocycles. The minimum absolute atomic E-state index is 0.0317. The fourth-order valence-electron chi connectivity index (χ4n) is 3.83. The Morgan fingerprint density at radius 1 is 1.00 bits per heavy atom. The van der Waals surface area contributed by atoms with Crippen LogP contribution in [0.2, 0.25) is 10.0 Å². The number of allylic oxidation sites excluding steroid dienone is 1. The summed E-state index contributed by atoms with van der Waals surface area (Å²) in [5, 5.41) is 10.9. The van der Waals surface area contributed by atoms with E-state index in [1.165, 1.54) is 0 Å². The lowest BCUT2D eigenvalue weighted by molar-refractivity contribution is 0.174. The molecule has 0 radical (unpaired) electrons. The summed E-state index contributed by atoms with van der Waals surface area (Å²) in [6.07, 6.45) is 0. The van der Waals surface area contributed by atoms with Crippen LogP contribution in [0, 0.1) is 11.3 Å². The van der Waals surface area contributed by atoms with Gasteiger partial charge >= 0.3 is 0 Å². The Bertz CT molecular complexity index is 1350. The summed E-state index contributed by atoms with van der Waals surface area (Å²) < 4.78 is 23.8. The van der Waals surface area contributed by atoms with Crippen molar-refractivity contribution in [3.8, 4) is 29.1 Å². The molecule has 6 nitrogen and oxygen atoms in total. The summed E-state index contributed by atoms with van der Waals surface area (Å²) in [5.41, 5.74) is 8.74. The van der Waals surface area contributed by atoms with Crippen LogP contribution in [0.3, 0.4) is 0 Å². The number of nitrogens with two attached hydrogens (primary N) is 1. The van der Waals surface area contributed by atoms with Crippen molar-refractivity contribution in [3.05, 3.63) is 91.2 Å². The van der Waals surface area contributed by atoms with Gasteiger partial charge in [0, 0.05) is 21.7 Å². The van der Waals surface area contributed by atoms with Crippen molar-refractivity contribution in [2.24, 2.45) is 5.73 Å². The van der Waals surface area contributed by atoms with E-state index in [4.69, 9.17) is 47.9 Å². The van der Waals surface area contributed by atoms with Gasteiger partial charge in [0.1, 0.15) is 29.7 Å². The summed E-state index contributed by atoms with van der Waals surface area (Å²) in [4.78, 5) is 0. The number of fused-ring (bicyclic) bond motifs is 2. The van der Waals surface area contributed by atoms with E-state index in [0.29, 0.717) is 33.0 Å². The molecule has 0 saturated carbocycles. The zero-order valence-electron chi connectivity index (χ0n) is 16.9. The number of rotatable bonds is 4. The molecule has 0 fully saturated rings. The van der Waals surface area contributed by atoms with Gasteiger partial charge in [0.15, 0.2) is 11.5 Å². The summed E-state index contributed by atoms with van der Waals surface area (Å²) in [5.74, 6) is 1.72. The first kappa shape index (κ1) is 21.8. The minimum atomic E-state index is -0.533. The summed E-state index contributed by atoms with van der Waals surface area (Å²) in [7, 11) is 0. The lowest BCUT2D eigenvalue weighted by Gasteiger charge is -2.28. The van der Waals surface area contributed by atoms with Crippen LogP contribution >= 0.6 is 39.1 Å². The monoisotopic (exact) mass is 544 g/mol. The lowest BCUT2D eigenvalue weighted by Crippen LogP contribution is -2.21. The van der Waals surface area contributed by atoms with Crippen molar-refractivity contribution in [2.45, 2.75) is 12.5 Å². The largest absolute Gasteiger partial charge is 0.489 e. The predicted molar refractivity (Wildman–Crippen MR) is 127 cm³/mol. The number of benzene rings is 3. The van der Waals surface area contributed by atoms with Crippen molar-refractivity contribution < 1.29 is 18.9 Å². The molecule has 3 aromatic carbocycles. The molecule has 0 saturated heterocycles. The lowest BCUT2D eigenvalue weighted by atomic mass is 9.83. The van der Waals surface area contributed by atoms with Crippen LogP contribution < -0.4 is 24.7 Å². The molecule has 3 aromatic rings. The van der Waals surface area contributed by atoms with Crippen molar-refractivity contribution in [1.82, 2.24) is 0 Å². The fraction of sp³-hybridized carbons (Fsp3) is 0.125. The first-order valence-corrected chi connectivity index (χ1v) is 11.4. The Hall–Kier alpha value is -3.05. The minimum Gasteiger partial charge on any atom is -0.489 e. The zero-order chi connectivity index (χ0) is 23.1. The highest BCUT2D eigenvalue weighted by atomic mass is 79.9. The third-order valence-electron chi connectivity index (χ3n) is 5.37. The van der Waals surface area contributed by atoms with Crippen LogP contribution in [0.15, 0.2) is 64.5 Å². The quantitative estimate of drug-likeness (QED) is 0.415. The van der Waals surface area contributed by atoms with Crippen molar-refractivity contribution in [2.75, 3.05) is 6.79 Å². The van der Waals surface area contributed by atoms with E-state index in [9.17, 15) is 5.26 Å². The van der Waals surface area contributed by atoms with Crippen LogP contribution in [0.1, 0.15) is 22.6 Å². The molecule has 2 aliphatic rings. The average Bonchev–Trinajstić information content (AvgIpc) is 3.25. The van der Waals surface area contributed by atoms with E-state index in [1.54, 1.807) is 18.2 Å². The van der Waals surface area contributed by atoms with Crippen LogP contribution in [-0.4, -0.2) is 6.79 Å². The number of nitrogens with zero attached hydrogens (tertiary/aromatic N) is 1. The summed E-state index contributed by atoms with van der Waals surface area (Å²) >= 11 is 15.7. The fourth-order valence-corrected chi connectivity index (χ4v) is 4.53. The van der Waals surface area contributed by atoms with E-state index in [0.717, 1.165) is 21.2 Å². The molecule has 0 amide bonds.